The van der Waals surface area contributed by atoms with Gasteiger partial charge in [-0.25, -0.2) is 8.42 Å². The molecule has 4 atom stereocenters. The normalized spacial score (nSPS) is 24.1. The van der Waals surface area contributed by atoms with Crippen LogP contribution in [0.4, 0.5) is 0 Å². The van der Waals surface area contributed by atoms with E-state index in [1.165, 1.54) is 22.5 Å². The van der Waals surface area contributed by atoms with Crippen LogP contribution in [0, 0.1) is 5.92 Å². The van der Waals surface area contributed by atoms with Gasteiger partial charge in [-0.2, -0.15) is 4.31 Å². The summed E-state index contributed by atoms with van der Waals surface area (Å²) >= 11 is 12.2. The van der Waals surface area contributed by atoms with Crippen LogP contribution in [0.25, 0.3) is 0 Å². The van der Waals surface area contributed by atoms with Crippen molar-refractivity contribution in [2.45, 2.75) is 55.8 Å². The summed E-state index contributed by atoms with van der Waals surface area (Å²) in [5.74, 6) is -0.420. The Morgan fingerprint density at radius 1 is 1.14 bits per heavy atom. The zero-order chi connectivity index (χ0) is 25.2. The molecule has 188 valence electrons. The standard InChI is InChI=1S/C26H30Cl2N2O4S/c1-3-20-15-29(18(2)16-34-17-19-8-5-4-6-9-19)26(31)25-11-7-10-24(20)30(25)35(32,33)23-13-21(27)12-22(28)14-23/h3-6,8-9,12-14,18,20,24-25H,1,7,10-11,15-17H2,2H3/t18-,20-,24+,25?/m0/s1. The number of nitrogens with zero attached hydrogens (tertiary/aromatic N) is 2. The van der Waals surface area contributed by atoms with Crippen LogP contribution in [-0.4, -0.2) is 54.8 Å². The van der Waals surface area contributed by atoms with Gasteiger partial charge in [0.15, 0.2) is 0 Å². The third kappa shape index (κ3) is 5.59. The van der Waals surface area contributed by atoms with Crippen LogP contribution < -0.4 is 0 Å². The van der Waals surface area contributed by atoms with E-state index in [0.29, 0.717) is 32.6 Å². The predicted molar refractivity (Wildman–Crippen MR) is 138 cm³/mol. The average molecular weight is 538 g/mol. The fourth-order valence-electron chi connectivity index (χ4n) is 5.06. The van der Waals surface area contributed by atoms with Gasteiger partial charge in [0.2, 0.25) is 15.9 Å². The van der Waals surface area contributed by atoms with Crippen molar-refractivity contribution in [3.8, 4) is 0 Å². The Labute approximate surface area is 217 Å². The molecule has 0 radical (unpaired) electrons. The minimum absolute atomic E-state index is 0.00444. The maximum atomic E-state index is 13.8. The summed E-state index contributed by atoms with van der Waals surface area (Å²) in [4.78, 5) is 15.6. The minimum Gasteiger partial charge on any atom is -0.375 e. The van der Waals surface area contributed by atoms with Crippen LogP contribution in [0.5, 0.6) is 0 Å². The predicted octanol–water partition coefficient (Wildman–Crippen LogP) is 5.15. The molecule has 35 heavy (non-hydrogen) atoms. The molecule has 2 fully saturated rings. The maximum absolute atomic E-state index is 13.8. The largest absolute Gasteiger partial charge is 0.375 e. The Morgan fingerprint density at radius 2 is 1.83 bits per heavy atom. The highest BCUT2D eigenvalue weighted by Crippen LogP contribution is 2.38. The van der Waals surface area contributed by atoms with Crippen LogP contribution >= 0.6 is 23.2 Å². The molecule has 9 heteroatoms. The van der Waals surface area contributed by atoms with Crippen LogP contribution in [0.15, 0.2) is 66.1 Å². The topological polar surface area (TPSA) is 66.9 Å². The van der Waals surface area contributed by atoms with E-state index in [9.17, 15) is 13.2 Å². The van der Waals surface area contributed by atoms with Gasteiger partial charge in [0.1, 0.15) is 6.04 Å². The molecule has 4 rings (SSSR count). The fourth-order valence-corrected chi connectivity index (χ4v) is 7.66. The summed E-state index contributed by atoms with van der Waals surface area (Å²) in [5.41, 5.74) is 1.05. The first-order valence-electron chi connectivity index (χ1n) is 11.8. The van der Waals surface area contributed by atoms with Crippen LogP contribution in [0.2, 0.25) is 10.0 Å². The van der Waals surface area contributed by atoms with Crippen molar-refractivity contribution in [1.82, 2.24) is 9.21 Å². The molecular formula is C26H30Cl2N2O4S. The lowest BCUT2D eigenvalue weighted by Crippen LogP contribution is -2.55. The smallest absolute Gasteiger partial charge is 0.244 e. The van der Waals surface area contributed by atoms with Crippen molar-refractivity contribution >= 4 is 39.1 Å². The van der Waals surface area contributed by atoms with Gasteiger partial charge in [-0.3, -0.25) is 4.79 Å². The van der Waals surface area contributed by atoms with Gasteiger partial charge in [0.05, 0.1) is 24.2 Å². The van der Waals surface area contributed by atoms with Gasteiger partial charge >= 0.3 is 0 Å². The van der Waals surface area contributed by atoms with Crippen LogP contribution in [-0.2, 0) is 26.2 Å². The molecule has 2 heterocycles. The van der Waals surface area contributed by atoms with E-state index in [-0.39, 0.29) is 38.8 Å². The van der Waals surface area contributed by atoms with Crippen molar-refractivity contribution in [1.29, 1.82) is 0 Å². The van der Waals surface area contributed by atoms with Crippen molar-refractivity contribution in [3.05, 3.63) is 76.8 Å². The molecule has 0 aliphatic carbocycles. The molecule has 2 aliphatic rings. The molecule has 2 aromatic rings. The molecule has 2 bridgehead atoms. The summed E-state index contributed by atoms with van der Waals surface area (Å²) in [6.07, 6.45) is 3.64. The number of ether oxygens (including phenoxy) is 1. The average Bonchev–Trinajstić information content (AvgIpc) is 2.90. The van der Waals surface area contributed by atoms with Gasteiger partial charge in [0.25, 0.3) is 0 Å². The Balaban J connectivity index is 1.61. The Bertz CT molecular complexity index is 1150. The SMILES string of the molecule is C=C[C@H]1CN([C@@H](C)COCc2ccccc2)C(=O)C2CCC[C@H]1N2S(=O)(=O)c1cc(Cl)cc(Cl)c1. The van der Waals surface area contributed by atoms with E-state index in [0.717, 1.165) is 12.0 Å². The van der Waals surface area contributed by atoms with Crippen molar-refractivity contribution < 1.29 is 17.9 Å². The Hall–Kier alpha value is -1.90. The second kappa shape index (κ2) is 11.0. The number of piperidine rings is 1. The van der Waals surface area contributed by atoms with Crippen LogP contribution in [0.3, 0.4) is 0 Å². The molecule has 0 aromatic heterocycles. The molecule has 6 nitrogen and oxygen atoms in total. The van der Waals surface area contributed by atoms with E-state index in [1.54, 1.807) is 11.0 Å². The number of carbonyl (C=O) groups is 1. The van der Waals surface area contributed by atoms with E-state index >= 15 is 0 Å². The summed E-state index contributed by atoms with van der Waals surface area (Å²) in [7, 11) is -4.03. The number of carbonyl (C=O) groups excluding carboxylic acids is 1. The first-order valence-corrected chi connectivity index (χ1v) is 14.0. The minimum atomic E-state index is -4.03. The number of sulfonamides is 1. The third-order valence-electron chi connectivity index (χ3n) is 6.80. The first kappa shape index (κ1) is 26.2. The quantitative estimate of drug-likeness (QED) is 0.437. The zero-order valence-electron chi connectivity index (χ0n) is 19.6. The molecule has 0 spiro atoms. The van der Waals surface area contributed by atoms with Gasteiger partial charge in [-0.05, 0) is 49.9 Å². The molecule has 2 aliphatic heterocycles. The van der Waals surface area contributed by atoms with Gasteiger partial charge in [0, 0.05) is 28.5 Å². The van der Waals surface area contributed by atoms with E-state index in [4.69, 9.17) is 27.9 Å². The number of fused-ring (bicyclic) bond motifs is 2. The lowest BCUT2D eigenvalue weighted by molar-refractivity contribution is -0.138. The number of hydrogen-bond donors (Lipinski definition) is 0. The molecule has 1 unspecified atom stereocenters. The second-order valence-electron chi connectivity index (χ2n) is 9.19. The number of benzene rings is 2. The molecule has 2 saturated heterocycles. The molecule has 1 amide bonds. The van der Waals surface area contributed by atoms with Crippen molar-refractivity contribution in [3.63, 3.8) is 0 Å². The molecule has 2 aromatic carbocycles. The number of halogens is 2. The van der Waals surface area contributed by atoms with E-state index < -0.39 is 16.1 Å². The zero-order valence-corrected chi connectivity index (χ0v) is 22.0. The second-order valence-corrected chi connectivity index (χ2v) is 11.9. The number of amides is 1. The van der Waals surface area contributed by atoms with Gasteiger partial charge in [-0.1, -0.05) is 59.6 Å². The van der Waals surface area contributed by atoms with Gasteiger partial charge < -0.3 is 9.64 Å². The highest BCUT2D eigenvalue weighted by atomic mass is 35.5. The Morgan fingerprint density at radius 3 is 2.49 bits per heavy atom. The number of rotatable bonds is 8. The summed E-state index contributed by atoms with van der Waals surface area (Å²) < 4.78 is 35.0. The summed E-state index contributed by atoms with van der Waals surface area (Å²) in [6.45, 7) is 7.10. The third-order valence-corrected chi connectivity index (χ3v) is 9.15. The highest BCUT2D eigenvalue weighted by molar-refractivity contribution is 7.89. The highest BCUT2D eigenvalue weighted by Gasteiger charge is 2.50. The van der Waals surface area contributed by atoms with Gasteiger partial charge in [-0.15, -0.1) is 6.58 Å². The maximum Gasteiger partial charge on any atom is 0.244 e. The summed E-state index contributed by atoms with van der Waals surface area (Å²) in [6, 6.07) is 12.7. The number of hydrogen-bond acceptors (Lipinski definition) is 4. The summed E-state index contributed by atoms with van der Waals surface area (Å²) in [5, 5.41) is 0.460. The van der Waals surface area contributed by atoms with E-state index in [2.05, 4.69) is 6.58 Å². The lowest BCUT2D eigenvalue weighted by atomic mass is 9.90. The lowest BCUT2D eigenvalue weighted by Gasteiger charge is -2.40. The molecule has 0 N–H and O–H groups in total. The van der Waals surface area contributed by atoms with Crippen molar-refractivity contribution in [2.24, 2.45) is 5.92 Å². The molecular weight excluding hydrogens is 507 g/mol. The monoisotopic (exact) mass is 536 g/mol. The van der Waals surface area contributed by atoms with E-state index in [1.807, 2.05) is 37.3 Å². The van der Waals surface area contributed by atoms with Crippen LogP contribution in [0.1, 0.15) is 31.7 Å². The first-order chi connectivity index (χ1) is 16.7. The molecule has 0 saturated carbocycles. The Kier molecular flexibility index (Phi) is 8.23. The van der Waals surface area contributed by atoms with Crippen molar-refractivity contribution in [2.75, 3.05) is 13.2 Å². The fraction of sp³-hybridized carbons (Fsp3) is 0.423.